The molecular weight excluding hydrogens is 415 g/mol. The molecule has 1 amide bonds. The van der Waals surface area contributed by atoms with Gasteiger partial charge in [-0.2, -0.15) is 5.10 Å². The lowest BCUT2D eigenvalue weighted by Gasteiger charge is -2.32. The van der Waals surface area contributed by atoms with Crippen molar-refractivity contribution in [3.8, 4) is 11.1 Å². The normalized spacial score (nSPS) is 18.2. The van der Waals surface area contributed by atoms with Crippen molar-refractivity contribution in [2.24, 2.45) is 7.05 Å². The molecule has 8 heteroatoms. The molecule has 1 aliphatic rings. The maximum Gasteiger partial charge on any atom is 0.270 e. The van der Waals surface area contributed by atoms with Crippen molar-refractivity contribution in [2.45, 2.75) is 31.4 Å². The highest BCUT2D eigenvalue weighted by molar-refractivity contribution is 7.17. The van der Waals surface area contributed by atoms with Gasteiger partial charge in [-0.15, -0.1) is 11.3 Å². The maximum atomic E-state index is 14.9. The molecule has 0 bridgehead atoms. The molecule has 1 aliphatic carbocycles. The van der Waals surface area contributed by atoms with Crippen LogP contribution in [0, 0.1) is 5.82 Å². The first-order chi connectivity index (χ1) is 15.0. The number of fused-ring (bicyclic) bond motifs is 1. The van der Waals surface area contributed by atoms with E-state index < -0.39 is 6.10 Å². The minimum absolute atomic E-state index is 0.228. The van der Waals surface area contributed by atoms with Gasteiger partial charge in [0.25, 0.3) is 5.91 Å². The summed E-state index contributed by atoms with van der Waals surface area (Å²) in [6.45, 7) is 0. The Balaban J connectivity index is 1.44. The number of hydrogen-bond donors (Lipinski definition) is 2. The molecule has 0 aliphatic heterocycles. The quantitative estimate of drug-likeness (QED) is 0.500. The van der Waals surface area contributed by atoms with E-state index in [9.17, 15) is 14.3 Å². The molecule has 1 saturated carbocycles. The van der Waals surface area contributed by atoms with E-state index >= 15 is 0 Å². The van der Waals surface area contributed by atoms with E-state index in [1.54, 1.807) is 23.0 Å². The number of carbonyl (C=O) groups is 1. The Hall–Kier alpha value is -3.10. The van der Waals surface area contributed by atoms with E-state index in [1.807, 2.05) is 30.8 Å². The van der Waals surface area contributed by atoms with Crippen LogP contribution in [0.25, 0.3) is 21.3 Å². The second-order valence-corrected chi connectivity index (χ2v) is 8.83. The number of rotatable bonds is 5. The third-order valence-electron chi connectivity index (χ3n) is 5.75. The predicted octanol–water partition coefficient (Wildman–Crippen LogP) is 3.68. The highest BCUT2D eigenvalue weighted by Crippen LogP contribution is 2.29. The Morgan fingerprint density at radius 2 is 2.13 bits per heavy atom. The number of nitrogens with one attached hydrogen (secondary N) is 1. The van der Waals surface area contributed by atoms with E-state index in [1.165, 1.54) is 17.4 Å². The summed E-state index contributed by atoms with van der Waals surface area (Å²) in [4.78, 5) is 17.1. The van der Waals surface area contributed by atoms with Gasteiger partial charge in [0.15, 0.2) is 0 Å². The van der Waals surface area contributed by atoms with Crippen LogP contribution in [0.4, 0.5) is 4.39 Å². The molecule has 1 aromatic carbocycles. The number of aliphatic hydroxyl groups is 1. The zero-order valence-electron chi connectivity index (χ0n) is 16.9. The number of aliphatic hydroxyl groups excluding tert-OH is 1. The van der Waals surface area contributed by atoms with Crippen LogP contribution in [-0.2, 0) is 13.5 Å². The molecule has 31 heavy (non-hydrogen) atoms. The van der Waals surface area contributed by atoms with Crippen LogP contribution in [0.5, 0.6) is 0 Å². The molecule has 0 radical (unpaired) electrons. The monoisotopic (exact) mass is 436 g/mol. The van der Waals surface area contributed by atoms with Gasteiger partial charge in [0, 0.05) is 25.2 Å². The fourth-order valence-electron chi connectivity index (χ4n) is 3.81. The predicted molar refractivity (Wildman–Crippen MR) is 118 cm³/mol. The van der Waals surface area contributed by atoms with Gasteiger partial charge in [-0.25, -0.2) is 9.37 Å². The fraction of sp³-hybridized carbons (Fsp3) is 0.261. The van der Waals surface area contributed by atoms with Crippen molar-refractivity contribution in [1.82, 2.24) is 20.1 Å². The van der Waals surface area contributed by atoms with Crippen LogP contribution in [0.2, 0.25) is 0 Å². The molecule has 3 heterocycles. The molecule has 0 saturated heterocycles. The average Bonchev–Trinajstić information content (AvgIpc) is 3.41. The van der Waals surface area contributed by atoms with E-state index in [4.69, 9.17) is 0 Å². The fourth-order valence-corrected chi connectivity index (χ4v) is 4.66. The molecule has 0 spiro atoms. The van der Waals surface area contributed by atoms with E-state index in [0.29, 0.717) is 23.9 Å². The number of aryl methyl sites for hydroxylation is 1. The first-order valence-electron chi connectivity index (χ1n) is 10.1. The van der Waals surface area contributed by atoms with Crippen molar-refractivity contribution >= 4 is 27.5 Å². The zero-order chi connectivity index (χ0) is 21.5. The number of pyridine rings is 1. The topological polar surface area (TPSA) is 80.0 Å². The number of amides is 1. The molecule has 6 nitrogen and oxygen atoms in total. The van der Waals surface area contributed by atoms with Crippen LogP contribution < -0.4 is 5.32 Å². The van der Waals surface area contributed by atoms with E-state index in [2.05, 4.69) is 15.4 Å². The van der Waals surface area contributed by atoms with E-state index in [-0.39, 0.29) is 23.5 Å². The number of aromatic nitrogens is 3. The summed E-state index contributed by atoms with van der Waals surface area (Å²) in [7, 11) is 1.82. The summed E-state index contributed by atoms with van der Waals surface area (Å²) >= 11 is 1.52. The molecule has 4 aromatic rings. The first-order valence-corrected chi connectivity index (χ1v) is 11.0. The molecule has 2 atom stereocenters. The minimum Gasteiger partial charge on any atom is -0.391 e. The van der Waals surface area contributed by atoms with Gasteiger partial charge in [-0.1, -0.05) is 12.1 Å². The zero-order valence-corrected chi connectivity index (χ0v) is 17.7. The Morgan fingerprint density at radius 1 is 1.26 bits per heavy atom. The second kappa shape index (κ2) is 7.86. The van der Waals surface area contributed by atoms with E-state index in [0.717, 1.165) is 27.8 Å². The Bertz CT molecular complexity index is 1280. The van der Waals surface area contributed by atoms with Crippen molar-refractivity contribution in [2.75, 3.05) is 0 Å². The summed E-state index contributed by atoms with van der Waals surface area (Å²) in [5, 5.41) is 18.6. The number of hydrogen-bond acceptors (Lipinski definition) is 5. The summed E-state index contributed by atoms with van der Waals surface area (Å²) < 4.78 is 17.6. The molecule has 1 fully saturated rings. The third-order valence-corrected chi connectivity index (χ3v) is 6.73. The van der Waals surface area contributed by atoms with Gasteiger partial charge < -0.3 is 10.4 Å². The van der Waals surface area contributed by atoms with Crippen molar-refractivity contribution in [3.63, 3.8) is 0 Å². The maximum absolute atomic E-state index is 14.9. The second-order valence-electron chi connectivity index (χ2n) is 7.91. The highest BCUT2D eigenvalue weighted by atomic mass is 32.1. The van der Waals surface area contributed by atoms with Gasteiger partial charge in [0.05, 0.1) is 28.6 Å². The van der Waals surface area contributed by atoms with Gasteiger partial charge in [-0.3, -0.25) is 9.48 Å². The number of thiophene rings is 1. The number of benzene rings is 1. The van der Waals surface area contributed by atoms with Gasteiger partial charge in [-0.05, 0) is 53.1 Å². The molecule has 3 aromatic heterocycles. The largest absolute Gasteiger partial charge is 0.391 e. The van der Waals surface area contributed by atoms with Crippen LogP contribution in [0.3, 0.4) is 0 Å². The lowest BCUT2D eigenvalue weighted by atomic mass is 9.89. The molecule has 2 N–H and O–H groups in total. The van der Waals surface area contributed by atoms with Crippen LogP contribution in [0.15, 0.2) is 48.1 Å². The lowest BCUT2D eigenvalue weighted by Crippen LogP contribution is -2.50. The summed E-state index contributed by atoms with van der Waals surface area (Å²) in [6.07, 6.45) is 4.86. The van der Waals surface area contributed by atoms with Crippen LogP contribution in [0.1, 0.15) is 34.5 Å². The minimum atomic E-state index is -0.499. The van der Waals surface area contributed by atoms with Crippen LogP contribution >= 0.6 is 11.3 Å². The van der Waals surface area contributed by atoms with Crippen LogP contribution in [-0.4, -0.2) is 37.9 Å². The van der Waals surface area contributed by atoms with Gasteiger partial charge >= 0.3 is 0 Å². The molecule has 158 valence electrons. The average molecular weight is 437 g/mol. The third kappa shape index (κ3) is 3.84. The standard InChI is InChI=1S/C23H21FN4O2S/c1-28-12-16(11-25-28)13-2-3-14(17(24)9-13)8-15-10-20(26-19-6-7-31-22(15)19)23(30)27-18-4-5-21(18)29/h2-3,6-7,9-12,18,21,29H,4-5,8H2,1H3,(H,27,30)/t18-,21-/m1/s1. The van der Waals surface area contributed by atoms with Gasteiger partial charge in [0.1, 0.15) is 11.5 Å². The van der Waals surface area contributed by atoms with Gasteiger partial charge in [0.2, 0.25) is 0 Å². The molecule has 0 unspecified atom stereocenters. The SMILES string of the molecule is Cn1cc(-c2ccc(Cc3cc(C(=O)N[C@@H]4CC[C@H]4O)nc4ccsc34)c(F)c2)cn1. The first kappa shape index (κ1) is 19.8. The Labute approximate surface area is 182 Å². The summed E-state index contributed by atoms with van der Waals surface area (Å²) in [5.74, 6) is -0.614. The van der Waals surface area contributed by atoms with Crippen molar-refractivity contribution in [1.29, 1.82) is 0 Å². The number of carbonyl (C=O) groups excluding carboxylic acids is 1. The molecular formula is C23H21FN4O2S. The Kier molecular flexibility index (Phi) is 5.03. The summed E-state index contributed by atoms with van der Waals surface area (Å²) in [5.41, 5.74) is 4.03. The summed E-state index contributed by atoms with van der Waals surface area (Å²) in [6, 6.07) is 8.54. The Morgan fingerprint density at radius 3 is 2.81 bits per heavy atom. The molecule has 5 rings (SSSR count). The highest BCUT2D eigenvalue weighted by Gasteiger charge is 2.30. The smallest absolute Gasteiger partial charge is 0.270 e. The number of nitrogens with zero attached hydrogens (tertiary/aromatic N) is 3. The number of halogens is 1. The lowest BCUT2D eigenvalue weighted by molar-refractivity contribution is 0.0446. The van der Waals surface area contributed by atoms with Crippen molar-refractivity contribution in [3.05, 3.63) is 70.7 Å². The van der Waals surface area contributed by atoms with Crippen molar-refractivity contribution < 1.29 is 14.3 Å².